The molecule has 0 aromatic carbocycles. The SMILES string of the molecule is CCc1nsc(N2CCN(C(=NC)NCC(O)C3CCCCC3)CC2)n1. The van der Waals surface area contributed by atoms with Crippen molar-refractivity contribution in [2.45, 2.75) is 51.6 Å². The normalized spacial score (nSPS) is 21.1. The summed E-state index contributed by atoms with van der Waals surface area (Å²) in [5.41, 5.74) is 0. The lowest BCUT2D eigenvalue weighted by Gasteiger charge is -2.36. The van der Waals surface area contributed by atoms with Crippen LogP contribution < -0.4 is 10.2 Å². The molecule has 0 spiro atoms. The number of rotatable bonds is 5. The molecule has 1 aliphatic heterocycles. The van der Waals surface area contributed by atoms with E-state index in [1.54, 1.807) is 0 Å². The molecule has 1 aromatic heterocycles. The summed E-state index contributed by atoms with van der Waals surface area (Å²) in [6.07, 6.45) is 6.74. The summed E-state index contributed by atoms with van der Waals surface area (Å²) in [6, 6.07) is 0. The van der Waals surface area contributed by atoms with Crippen LogP contribution in [-0.2, 0) is 6.42 Å². The van der Waals surface area contributed by atoms with Gasteiger partial charge in [0.1, 0.15) is 5.82 Å². The zero-order valence-corrected chi connectivity index (χ0v) is 16.8. The Morgan fingerprint density at radius 1 is 1.27 bits per heavy atom. The lowest BCUT2D eigenvalue weighted by Crippen LogP contribution is -2.53. The van der Waals surface area contributed by atoms with E-state index >= 15 is 0 Å². The standard InChI is InChI=1S/C18H32N6OS/c1-3-16-21-18(26-22-16)24-11-9-23(10-12-24)17(19-2)20-13-15(25)14-7-5-4-6-8-14/h14-15,25H,3-13H2,1-2H3,(H,19,20). The number of piperazine rings is 1. The minimum absolute atomic E-state index is 0.276. The number of anilines is 1. The summed E-state index contributed by atoms with van der Waals surface area (Å²) >= 11 is 1.49. The molecule has 1 unspecified atom stereocenters. The van der Waals surface area contributed by atoms with Crippen LogP contribution in [0, 0.1) is 5.92 Å². The van der Waals surface area contributed by atoms with Crippen LogP contribution in [0.4, 0.5) is 5.13 Å². The van der Waals surface area contributed by atoms with Gasteiger partial charge < -0.3 is 20.2 Å². The third-order valence-corrected chi connectivity index (χ3v) is 6.31. The van der Waals surface area contributed by atoms with Crippen molar-refractivity contribution in [3.63, 3.8) is 0 Å². The average molecular weight is 381 g/mol. The zero-order chi connectivity index (χ0) is 18.4. The van der Waals surface area contributed by atoms with Gasteiger partial charge >= 0.3 is 0 Å². The molecule has 1 atom stereocenters. The molecule has 0 radical (unpaired) electrons. The van der Waals surface area contributed by atoms with Gasteiger partial charge in [-0.15, -0.1) is 0 Å². The van der Waals surface area contributed by atoms with E-state index in [4.69, 9.17) is 0 Å². The summed E-state index contributed by atoms with van der Waals surface area (Å²) in [5.74, 6) is 2.27. The second-order valence-corrected chi connectivity index (χ2v) is 7.94. The van der Waals surface area contributed by atoms with Crippen molar-refractivity contribution >= 4 is 22.6 Å². The van der Waals surface area contributed by atoms with Crippen molar-refractivity contribution in [1.29, 1.82) is 0 Å². The number of nitrogens with zero attached hydrogens (tertiary/aromatic N) is 5. The Balaban J connectivity index is 1.45. The fraction of sp³-hybridized carbons (Fsp3) is 0.833. The Morgan fingerprint density at radius 3 is 2.62 bits per heavy atom. The number of hydrogen-bond acceptors (Lipinski definition) is 6. The van der Waals surface area contributed by atoms with Gasteiger partial charge in [0.05, 0.1) is 6.10 Å². The van der Waals surface area contributed by atoms with Gasteiger partial charge in [0.2, 0.25) is 5.13 Å². The summed E-state index contributed by atoms with van der Waals surface area (Å²) in [7, 11) is 1.82. The van der Waals surface area contributed by atoms with Gasteiger partial charge in [0.15, 0.2) is 5.96 Å². The monoisotopic (exact) mass is 380 g/mol. The van der Waals surface area contributed by atoms with E-state index in [1.807, 2.05) is 7.05 Å². The van der Waals surface area contributed by atoms with E-state index in [1.165, 1.54) is 30.8 Å². The number of aliphatic imine (C=N–C) groups is 1. The van der Waals surface area contributed by atoms with E-state index in [2.05, 4.69) is 36.4 Å². The average Bonchev–Trinajstić information content (AvgIpc) is 3.19. The van der Waals surface area contributed by atoms with Crippen LogP contribution in [0.2, 0.25) is 0 Å². The van der Waals surface area contributed by atoms with Crippen LogP contribution in [0.25, 0.3) is 0 Å². The summed E-state index contributed by atoms with van der Waals surface area (Å²) in [6.45, 7) is 6.32. The van der Waals surface area contributed by atoms with Gasteiger partial charge in [0, 0.05) is 57.7 Å². The number of guanidine groups is 1. The first kappa shape index (κ1) is 19.4. The van der Waals surface area contributed by atoms with E-state index in [0.29, 0.717) is 12.5 Å². The van der Waals surface area contributed by atoms with Gasteiger partial charge in [-0.3, -0.25) is 4.99 Å². The molecule has 1 saturated heterocycles. The highest BCUT2D eigenvalue weighted by Gasteiger charge is 2.24. The molecule has 3 rings (SSSR count). The quantitative estimate of drug-likeness (QED) is 0.599. The molecule has 2 N–H and O–H groups in total. The number of hydrogen-bond donors (Lipinski definition) is 2. The topological polar surface area (TPSA) is 76.9 Å². The summed E-state index contributed by atoms with van der Waals surface area (Å²) in [5, 5.41) is 14.9. The van der Waals surface area contributed by atoms with Gasteiger partial charge in [-0.2, -0.15) is 4.37 Å². The van der Waals surface area contributed by atoms with Crippen LogP contribution >= 0.6 is 11.5 Å². The van der Waals surface area contributed by atoms with E-state index in [9.17, 15) is 5.11 Å². The summed E-state index contributed by atoms with van der Waals surface area (Å²) < 4.78 is 4.38. The highest BCUT2D eigenvalue weighted by molar-refractivity contribution is 7.09. The van der Waals surface area contributed by atoms with Crippen molar-refractivity contribution in [2.75, 3.05) is 44.7 Å². The largest absolute Gasteiger partial charge is 0.391 e. The lowest BCUT2D eigenvalue weighted by atomic mass is 9.85. The molecule has 26 heavy (non-hydrogen) atoms. The van der Waals surface area contributed by atoms with Gasteiger partial charge in [-0.25, -0.2) is 4.98 Å². The van der Waals surface area contributed by atoms with Crippen LogP contribution in [-0.4, -0.2) is 71.2 Å². The molecule has 8 heteroatoms. The Morgan fingerprint density at radius 2 is 2.00 bits per heavy atom. The van der Waals surface area contributed by atoms with Gasteiger partial charge in [-0.1, -0.05) is 26.2 Å². The maximum Gasteiger partial charge on any atom is 0.205 e. The van der Waals surface area contributed by atoms with Crippen LogP contribution in [0.15, 0.2) is 4.99 Å². The molecule has 146 valence electrons. The molecule has 1 saturated carbocycles. The van der Waals surface area contributed by atoms with Crippen molar-refractivity contribution in [3.05, 3.63) is 5.82 Å². The smallest absolute Gasteiger partial charge is 0.205 e. The van der Waals surface area contributed by atoms with Crippen molar-refractivity contribution < 1.29 is 5.11 Å². The molecular weight excluding hydrogens is 348 g/mol. The number of aromatic nitrogens is 2. The number of aliphatic hydroxyl groups is 1. The van der Waals surface area contributed by atoms with Crippen molar-refractivity contribution in [3.8, 4) is 0 Å². The number of nitrogens with one attached hydrogen (secondary N) is 1. The Kier molecular flexibility index (Phi) is 7.07. The first-order valence-electron chi connectivity index (χ1n) is 9.92. The van der Waals surface area contributed by atoms with E-state index in [-0.39, 0.29) is 6.10 Å². The fourth-order valence-electron chi connectivity index (χ4n) is 3.84. The molecule has 1 aromatic rings. The van der Waals surface area contributed by atoms with Crippen LogP contribution in [0.5, 0.6) is 0 Å². The lowest BCUT2D eigenvalue weighted by molar-refractivity contribution is 0.0873. The van der Waals surface area contributed by atoms with Gasteiger partial charge in [-0.05, 0) is 18.8 Å². The minimum atomic E-state index is -0.276. The Hall–Kier alpha value is -1.41. The second-order valence-electron chi connectivity index (χ2n) is 7.21. The predicted octanol–water partition coefficient (Wildman–Crippen LogP) is 1.74. The van der Waals surface area contributed by atoms with Crippen molar-refractivity contribution in [1.82, 2.24) is 19.6 Å². The highest BCUT2D eigenvalue weighted by atomic mass is 32.1. The molecular formula is C18H32N6OS. The third kappa shape index (κ3) is 4.85. The van der Waals surface area contributed by atoms with Crippen molar-refractivity contribution in [2.24, 2.45) is 10.9 Å². The first-order chi connectivity index (χ1) is 12.7. The molecule has 2 heterocycles. The predicted molar refractivity (Wildman–Crippen MR) is 107 cm³/mol. The Bertz CT molecular complexity index is 578. The molecule has 2 aliphatic rings. The van der Waals surface area contributed by atoms with Gasteiger partial charge in [0.25, 0.3) is 0 Å². The Labute approximate surface area is 160 Å². The number of aliphatic hydroxyl groups excluding tert-OH is 1. The number of aryl methyl sites for hydroxylation is 1. The minimum Gasteiger partial charge on any atom is -0.391 e. The summed E-state index contributed by atoms with van der Waals surface area (Å²) in [4.78, 5) is 13.6. The van der Waals surface area contributed by atoms with Crippen LogP contribution in [0.3, 0.4) is 0 Å². The second kappa shape index (κ2) is 9.50. The molecule has 2 fully saturated rings. The fourth-order valence-corrected chi connectivity index (χ4v) is 4.64. The highest BCUT2D eigenvalue weighted by Crippen LogP contribution is 2.26. The first-order valence-corrected chi connectivity index (χ1v) is 10.7. The molecule has 0 amide bonds. The molecule has 1 aliphatic carbocycles. The van der Waals surface area contributed by atoms with Crippen LogP contribution in [0.1, 0.15) is 44.9 Å². The maximum absolute atomic E-state index is 10.5. The maximum atomic E-state index is 10.5. The van der Waals surface area contributed by atoms with E-state index < -0.39 is 0 Å². The third-order valence-electron chi connectivity index (χ3n) is 5.50. The zero-order valence-electron chi connectivity index (χ0n) is 16.0. The molecule has 0 bridgehead atoms. The van der Waals surface area contributed by atoms with E-state index in [0.717, 1.165) is 62.4 Å². The molecule has 7 nitrogen and oxygen atoms in total.